The van der Waals surface area contributed by atoms with Crippen molar-refractivity contribution in [3.8, 4) is 0 Å². The number of hydrogen-bond acceptors (Lipinski definition) is 3. The summed E-state index contributed by atoms with van der Waals surface area (Å²) >= 11 is 3.30. The summed E-state index contributed by atoms with van der Waals surface area (Å²) < 4.78 is 0.905. The fourth-order valence-electron chi connectivity index (χ4n) is 1.81. The first kappa shape index (κ1) is 13.5. The number of urea groups is 1. The number of amides is 3. The number of carbonyl (C=O) groups is 3. The topological polar surface area (TPSA) is 77.9 Å². The first-order chi connectivity index (χ1) is 8.97. The van der Waals surface area contributed by atoms with Crippen molar-refractivity contribution in [3.05, 3.63) is 34.3 Å². The Morgan fingerprint density at radius 2 is 1.89 bits per heavy atom. The van der Waals surface area contributed by atoms with Gasteiger partial charge in [0.1, 0.15) is 13.1 Å². The summed E-state index contributed by atoms with van der Waals surface area (Å²) in [6, 6.07) is 6.66. The molecule has 1 N–H and O–H groups in total. The molecule has 1 aliphatic heterocycles. The number of rotatable bonds is 4. The number of aliphatic carboxylic acids is 1. The van der Waals surface area contributed by atoms with Crippen LogP contribution in [0.25, 0.3) is 0 Å². The molecule has 7 heteroatoms. The predicted octanol–water partition coefficient (Wildman–Crippen LogP) is 1.30. The van der Waals surface area contributed by atoms with Crippen LogP contribution >= 0.6 is 15.9 Å². The number of carboxylic acid groups (broad SMARTS) is 1. The molecule has 1 aromatic rings. The predicted molar refractivity (Wildman–Crippen MR) is 69.3 cm³/mol. The third kappa shape index (κ3) is 3.11. The van der Waals surface area contributed by atoms with E-state index in [4.69, 9.17) is 5.11 Å². The molecule has 1 aliphatic rings. The van der Waals surface area contributed by atoms with Gasteiger partial charge in [0.15, 0.2) is 0 Å². The van der Waals surface area contributed by atoms with E-state index in [9.17, 15) is 14.4 Å². The Kier molecular flexibility index (Phi) is 3.84. The maximum Gasteiger partial charge on any atom is 0.328 e. The van der Waals surface area contributed by atoms with Gasteiger partial charge in [-0.05, 0) is 17.7 Å². The van der Waals surface area contributed by atoms with Crippen molar-refractivity contribution in [2.75, 3.05) is 13.1 Å². The first-order valence-electron chi connectivity index (χ1n) is 5.53. The molecule has 0 unspecified atom stereocenters. The maximum absolute atomic E-state index is 11.9. The molecule has 2 rings (SSSR count). The highest BCUT2D eigenvalue weighted by molar-refractivity contribution is 9.10. The summed E-state index contributed by atoms with van der Waals surface area (Å²) in [6.45, 7) is -0.482. The van der Waals surface area contributed by atoms with Crippen molar-refractivity contribution >= 4 is 33.8 Å². The van der Waals surface area contributed by atoms with Gasteiger partial charge in [0.2, 0.25) is 0 Å². The highest BCUT2D eigenvalue weighted by Gasteiger charge is 2.36. The molecule has 100 valence electrons. The summed E-state index contributed by atoms with van der Waals surface area (Å²) in [6.07, 6.45) is 0. The molecule has 1 aromatic carbocycles. The van der Waals surface area contributed by atoms with Crippen molar-refractivity contribution < 1.29 is 19.5 Å². The van der Waals surface area contributed by atoms with Crippen molar-refractivity contribution in [2.45, 2.75) is 6.54 Å². The number of carboxylic acids is 1. The second kappa shape index (κ2) is 5.40. The molecule has 0 spiro atoms. The summed E-state index contributed by atoms with van der Waals surface area (Å²) in [4.78, 5) is 36.3. The summed E-state index contributed by atoms with van der Waals surface area (Å²) in [7, 11) is 0. The van der Waals surface area contributed by atoms with E-state index >= 15 is 0 Å². The lowest BCUT2D eigenvalue weighted by Crippen LogP contribution is -2.35. The molecule has 0 atom stereocenters. The third-order valence-electron chi connectivity index (χ3n) is 2.71. The minimum atomic E-state index is -1.13. The highest BCUT2D eigenvalue weighted by atomic mass is 79.9. The Bertz CT molecular complexity index is 529. The van der Waals surface area contributed by atoms with E-state index in [-0.39, 0.29) is 19.0 Å². The molecule has 6 nitrogen and oxygen atoms in total. The van der Waals surface area contributed by atoms with Gasteiger partial charge in [-0.2, -0.15) is 0 Å². The molecule has 0 bridgehead atoms. The number of hydrogen-bond donors (Lipinski definition) is 1. The molecule has 1 fully saturated rings. The van der Waals surface area contributed by atoms with Crippen LogP contribution in [0.2, 0.25) is 0 Å². The van der Waals surface area contributed by atoms with Gasteiger partial charge in [0, 0.05) is 4.47 Å². The molecule has 19 heavy (non-hydrogen) atoms. The largest absolute Gasteiger partial charge is 0.480 e. The van der Waals surface area contributed by atoms with E-state index in [0.29, 0.717) is 0 Å². The van der Waals surface area contributed by atoms with Crippen LogP contribution in [0, 0.1) is 0 Å². The van der Waals surface area contributed by atoms with Crippen LogP contribution in [-0.2, 0) is 16.1 Å². The fourth-order valence-corrected chi connectivity index (χ4v) is 2.07. The molecular weight excluding hydrogens is 316 g/mol. The van der Waals surface area contributed by atoms with E-state index < -0.39 is 18.5 Å². The van der Waals surface area contributed by atoms with Crippen molar-refractivity contribution in [3.63, 3.8) is 0 Å². The highest BCUT2D eigenvalue weighted by Crippen LogP contribution is 2.16. The molecule has 0 aromatic heterocycles. The lowest BCUT2D eigenvalue weighted by Gasteiger charge is -2.15. The number of imide groups is 1. The Hall–Kier alpha value is -1.89. The molecule has 0 saturated carbocycles. The smallest absolute Gasteiger partial charge is 0.328 e. The molecule has 0 radical (unpaired) electrons. The fraction of sp³-hybridized carbons (Fsp3) is 0.250. The van der Waals surface area contributed by atoms with Gasteiger partial charge in [-0.1, -0.05) is 28.1 Å². The van der Waals surface area contributed by atoms with Crippen LogP contribution < -0.4 is 0 Å². The van der Waals surface area contributed by atoms with Crippen molar-refractivity contribution in [1.82, 2.24) is 9.80 Å². The van der Waals surface area contributed by atoms with Crippen LogP contribution in [-0.4, -0.2) is 45.9 Å². The zero-order valence-electron chi connectivity index (χ0n) is 9.88. The van der Waals surface area contributed by atoms with Crippen LogP contribution in [0.1, 0.15) is 5.56 Å². The summed E-state index contributed by atoms with van der Waals surface area (Å²) in [5.41, 5.74) is 0.807. The molecule has 1 saturated heterocycles. The lowest BCUT2D eigenvalue weighted by molar-refractivity contribution is -0.137. The number of halogens is 1. The van der Waals surface area contributed by atoms with Gasteiger partial charge >= 0.3 is 12.0 Å². The summed E-state index contributed by atoms with van der Waals surface area (Å²) in [5.74, 6) is -1.51. The lowest BCUT2D eigenvalue weighted by atomic mass is 10.2. The Morgan fingerprint density at radius 1 is 1.26 bits per heavy atom. The molecular formula is C12H11BrN2O4. The van der Waals surface area contributed by atoms with Gasteiger partial charge < -0.3 is 10.0 Å². The van der Waals surface area contributed by atoms with Gasteiger partial charge in [-0.25, -0.2) is 4.79 Å². The Labute approximate surface area is 117 Å². The van der Waals surface area contributed by atoms with Crippen LogP contribution in [0.15, 0.2) is 28.7 Å². The average molecular weight is 327 g/mol. The van der Waals surface area contributed by atoms with Crippen molar-refractivity contribution in [1.29, 1.82) is 0 Å². The molecule has 0 aliphatic carbocycles. The normalized spacial score (nSPS) is 15.2. The monoisotopic (exact) mass is 326 g/mol. The SMILES string of the molecule is O=C(O)CN1CC(=O)N(Cc2ccc(Br)cc2)C1=O. The van der Waals surface area contributed by atoms with Gasteiger partial charge in [0.25, 0.3) is 5.91 Å². The van der Waals surface area contributed by atoms with Gasteiger partial charge in [0.05, 0.1) is 6.54 Å². The molecule has 3 amide bonds. The molecule has 1 heterocycles. The van der Waals surface area contributed by atoms with Gasteiger partial charge in [-0.3, -0.25) is 14.5 Å². The second-order valence-corrected chi connectivity index (χ2v) is 5.05. The summed E-state index contributed by atoms with van der Waals surface area (Å²) in [5, 5.41) is 8.66. The number of nitrogens with zero attached hydrogens (tertiary/aromatic N) is 2. The van der Waals surface area contributed by atoms with Gasteiger partial charge in [-0.15, -0.1) is 0 Å². The van der Waals surface area contributed by atoms with E-state index in [1.807, 2.05) is 12.1 Å². The standard InChI is InChI=1S/C12H11BrN2O4/c13-9-3-1-8(2-4-9)5-15-10(16)6-14(12(15)19)7-11(17)18/h1-4H,5-7H2,(H,17,18). The van der Waals surface area contributed by atoms with E-state index in [1.165, 1.54) is 0 Å². The van der Waals surface area contributed by atoms with E-state index in [0.717, 1.165) is 19.8 Å². The zero-order valence-corrected chi connectivity index (χ0v) is 11.5. The first-order valence-corrected chi connectivity index (χ1v) is 6.32. The average Bonchev–Trinajstić information content (AvgIpc) is 2.59. The quantitative estimate of drug-likeness (QED) is 0.846. The van der Waals surface area contributed by atoms with Crippen LogP contribution in [0.5, 0.6) is 0 Å². The van der Waals surface area contributed by atoms with Crippen LogP contribution in [0.4, 0.5) is 4.79 Å². The van der Waals surface area contributed by atoms with E-state index in [1.54, 1.807) is 12.1 Å². The van der Waals surface area contributed by atoms with Crippen molar-refractivity contribution in [2.24, 2.45) is 0 Å². The Morgan fingerprint density at radius 3 is 2.47 bits per heavy atom. The number of carbonyl (C=O) groups excluding carboxylic acids is 2. The third-order valence-corrected chi connectivity index (χ3v) is 3.24. The minimum Gasteiger partial charge on any atom is -0.480 e. The van der Waals surface area contributed by atoms with E-state index in [2.05, 4.69) is 15.9 Å². The maximum atomic E-state index is 11.9. The Balaban J connectivity index is 2.08. The zero-order chi connectivity index (χ0) is 14.0. The minimum absolute atomic E-state index is 0.154. The second-order valence-electron chi connectivity index (χ2n) is 4.14. The van der Waals surface area contributed by atoms with Crippen LogP contribution in [0.3, 0.4) is 0 Å². The number of benzene rings is 1.